The van der Waals surface area contributed by atoms with E-state index in [-0.39, 0.29) is 16.8 Å². The smallest absolute Gasteiger partial charge is 0.374 e. The minimum atomic E-state index is -1.11. The van der Waals surface area contributed by atoms with E-state index in [2.05, 4.69) is 0 Å². The van der Waals surface area contributed by atoms with Crippen LogP contribution in [0.5, 0.6) is 0 Å². The lowest BCUT2D eigenvalue weighted by Crippen LogP contribution is -2.08. The molecule has 98 valence electrons. The maximum Gasteiger partial charge on any atom is 0.374 e. The van der Waals surface area contributed by atoms with Crippen LogP contribution in [0.25, 0.3) is 0 Å². The second kappa shape index (κ2) is 4.52. The van der Waals surface area contributed by atoms with Gasteiger partial charge in [0.2, 0.25) is 5.76 Å². The van der Waals surface area contributed by atoms with Crippen LogP contribution in [0.2, 0.25) is 0 Å². The van der Waals surface area contributed by atoms with E-state index in [1.54, 1.807) is 0 Å². The number of esters is 1. The number of nitro groups is 1. The largest absolute Gasteiger partial charge is 0.501 e. The van der Waals surface area contributed by atoms with Crippen LogP contribution in [0, 0.1) is 10.1 Å². The highest BCUT2D eigenvalue weighted by Crippen LogP contribution is 2.35. The summed E-state index contributed by atoms with van der Waals surface area (Å²) in [5.74, 6) is -2.29. The number of ether oxygens (including phenoxy) is 1. The highest BCUT2D eigenvalue weighted by molar-refractivity contribution is 6.05. The third-order valence-electron chi connectivity index (χ3n) is 2.70. The number of hydrogen-bond donors (Lipinski definition) is 1. The number of nitro benzene ring substituents is 1. The highest BCUT2D eigenvalue weighted by Gasteiger charge is 2.38. The molecule has 1 aliphatic heterocycles. The molecule has 0 fully saturated rings. The molecule has 2 rings (SSSR count). The highest BCUT2D eigenvalue weighted by atomic mass is 16.6. The standard InChI is InChI=1S/C12H9NO6/c1-6(14)9-10(15)12(16)19-11(9)7-3-2-4-8(5-7)13(17)18/h2-5,11,15H,1H3/t11-/m1/s1. The minimum Gasteiger partial charge on any atom is -0.501 e. The molecule has 0 amide bonds. The second-order valence-corrected chi connectivity index (χ2v) is 3.96. The third kappa shape index (κ3) is 2.17. The van der Waals surface area contributed by atoms with Crippen molar-refractivity contribution in [2.24, 2.45) is 0 Å². The first-order chi connectivity index (χ1) is 8.91. The van der Waals surface area contributed by atoms with E-state index in [4.69, 9.17) is 4.74 Å². The Morgan fingerprint density at radius 2 is 2.16 bits per heavy atom. The summed E-state index contributed by atoms with van der Waals surface area (Å²) in [5, 5.41) is 20.2. The number of non-ortho nitro benzene ring substituents is 1. The van der Waals surface area contributed by atoms with Gasteiger partial charge in [-0.3, -0.25) is 14.9 Å². The van der Waals surface area contributed by atoms with E-state index in [0.29, 0.717) is 0 Å². The summed E-state index contributed by atoms with van der Waals surface area (Å²) in [4.78, 5) is 32.8. The molecule has 0 bridgehead atoms. The number of ketones is 1. The zero-order chi connectivity index (χ0) is 14.2. The van der Waals surface area contributed by atoms with E-state index in [9.17, 15) is 24.8 Å². The fourth-order valence-electron chi connectivity index (χ4n) is 1.84. The summed E-state index contributed by atoms with van der Waals surface area (Å²) >= 11 is 0. The van der Waals surface area contributed by atoms with Crippen LogP contribution < -0.4 is 0 Å². The zero-order valence-electron chi connectivity index (χ0n) is 9.82. The van der Waals surface area contributed by atoms with Crippen molar-refractivity contribution in [1.82, 2.24) is 0 Å². The fourth-order valence-corrected chi connectivity index (χ4v) is 1.84. The van der Waals surface area contributed by atoms with Crippen LogP contribution in [0.15, 0.2) is 35.6 Å². The van der Waals surface area contributed by atoms with Gasteiger partial charge in [-0.15, -0.1) is 0 Å². The van der Waals surface area contributed by atoms with Crippen molar-refractivity contribution in [2.45, 2.75) is 13.0 Å². The van der Waals surface area contributed by atoms with Crippen LogP contribution in [-0.4, -0.2) is 21.8 Å². The molecule has 1 atom stereocenters. The molecular formula is C12H9NO6. The molecule has 0 spiro atoms. The van der Waals surface area contributed by atoms with Crippen LogP contribution in [0.4, 0.5) is 5.69 Å². The molecule has 0 aromatic heterocycles. The quantitative estimate of drug-likeness (QED) is 0.504. The van der Waals surface area contributed by atoms with E-state index in [1.807, 2.05) is 0 Å². The predicted octanol–water partition coefficient (Wildman–Crippen LogP) is 1.59. The monoisotopic (exact) mass is 263 g/mol. The van der Waals surface area contributed by atoms with Gasteiger partial charge in [0, 0.05) is 17.7 Å². The summed E-state index contributed by atoms with van der Waals surface area (Å²) in [6.45, 7) is 1.18. The van der Waals surface area contributed by atoms with Gasteiger partial charge in [0.1, 0.15) is 0 Å². The molecule has 7 heteroatoms. The van der Waals surface area contributed by atoms with Crippen molar-refractivity contribution in [2.75, 3.05) is 0 Å². The number of nitrogens with zero attached hydrogens (tertiary/aromatic N) is 1. The Morgan fingerprint density at radius 3 is 2.74 bits per heavy atom. The number of Topliss-reactive ketones (excluding diaryl/α,β-unsaturated/α-hetero) is 1. The van der Waals surface area contributed by atoms with Gasteiger partial charge in [-0.1, -0.05) is 12.1 Å². The average molecular weight is 263 g/mol. The first-order valence-electron chi connectivity index (χ1n) is 5.31. The number of carbonyl (C=O) groups excluding carboxylic acids is 2. The molecule has 0 saturated carbocycles. The summed E-state index contributed by atoms with van der Waals surface area (Å²) < 4.78 is 4.86. The fraction of sp³-hybridized carbons (Fsp3) is 0.167. The summed E-state index contributed by atoms with van der Waals surface area (Å²) in [7, 11) is 0. The van der Waals surface area contributed by atoms with Gasteiger partial charge in [-0.05, 0) is 6.92 Å². The molecule has 19 heavy (non-hydrogen) atoms. The molecule has 1 heterocycles. The molecule has 0 unspecified atom stereocenters. The van der Waals surface area contributed by atoms with Gasteiger partial charge in [0.05, 0.1) is 10.5 Å². The number of aliphatic hydroxyl groups is 1. The van der Waals surface area contributed by atoms with E-state index in [1.165, 1.54) is 31.2 Å². The maximum absolute atomic E-state index is 11.4. The van der Waals surface area contributed by atoms with Gasteiger partial charge in [0.15, 0.2) is 11.9 Å². The average Bonchev–Trinajstić information content (AvgIpc) is 2.66. The lowest BCUT2D eigenvalue weighted by atomic mass is 9.99. The Kier molecular flexibility index (Phi) is 3.04. The number of rotatable bonds is 3. The Hall–Kier alpha value is -2.70. The lowest BCUT2D eigenvalue weighted by molar-refractivity contribution is -0.385. The molecule has 0 radical (unpaired) electrons. The number of cyclic esters (lactones) is 1. The van der Waals surface area contributed by atoms with Gasteiger partial charge in [-0.2, -0.15) is 0 Å². The summed E-state index contributed by atoms with van der Waals surface area (Å²) in [5.41, 5.74) is -0.120. The van der Waals surface area contributed by atoms with Crippen molar-refractivity contribution in [1.29, 1.82) is 0 Å². The van der Waals surface area contributed by atoms with Gasteiger partial charge < -0.3 is 9.84 Å². The third-order valence-corrected chi connectivity index (χ3v) is 2.70. The molecule has 1 aromatic carbocycles. The van der Waals surface area contributed by atoms with Crippen molar-refractivity contribution in [3.05, 3.63) is 51.3 Å². The number of hydrogen-bond acceptors (Lipinski definition) is 6. The second-order valence-electron chi connectivity index (χ2n) is 3.96. The van der Waals surface area contributed by atoms with E-state index < -0.39 is 28.5 Å². The number of aliphatic hydroxyl groups excluding tert-OH is 1. The molecule has 1 N–H and O–H groups in total. The van der Waals surface area contributed by atoms with E-state index >= 15 is 0 Å². The van der Waals surface area contributed by atoms with Crippen LogP contribution in [0.1, 0.15) is 18.6 Å². The van der Waals surface area contributed by atoms with Gasteiger partial charge >= 0.3 is 5.97 Å². The van der Waals surface area contributed by atoms with Gasteiger partial charge in [-0.25, -0.2) is 4.79 Å². The topological polar surface area (TPSA) is 107 Å². The molecule has 7 nitrogen and oxygen atoms in total. The SMILES string of the molecule is CC(=O)C1=C(O)C(=O)O[C@@H]1c1cccc([N+](=O)[O-])c1. The van der Waals surface area contributed by atoms with Crippen molar-refractivity contribution < 1.29 is 24.4 Å². The van der Waals surface area contributed by atoms with Crippen LogP contribution in [-0.2, 0) is 14.3 Å². The molecular weight excluding hydrogens is 254 g/mol. The molecule has 0 saturated heterocycles. The Labute approximate surface area is 107 Å². The molecule has 1 aromatic rings. The molecule has 0 aliphatic carbocycles. The Morgan fingerprint density at radius 1 is 1.47 bits per heavy atom. The molecule has 1 aliphatic rings. The van der Waals surface area contributed by atoms with Gasteiger partial charge in [0.25, 0.3) is 5.69 Å². The van der Waals surface area contributed by atoms with Crippen molar-refractivity contribution in [3.63, 3.8) is 0 Å². The Balaban J connectivity index is 2.48. The maximum atomic E-state index is 11.4. The first kappa shape index (κ1) is 12.7. The Bertz CT molecular complexity index is 618. The number of carbonyl (C=O) groups is 2. The zero-order valence-corrected chi connectivity index (χ0v) is 9.82. The summed E-state index contributed by atoms with van der Waals surface area (Å²) in [6, 6.07) is 5.36. The normalized spacial score (nSPS) is 18.4. The van der Waals surface area contributed by atoms with Crippen molar-refractivity contribution in [3.8, 4) is 0 Å². The number of benzene rings is 1. The first-order valence-corrected chi connectivity index (χ1v) is 5.31. The van der Waals surface area contributed by atoms with E-state index in [0.717, 1.165) is 0 Å². The minimum absolute atomic E-state index is 0.189. The lowest BCUT2D eigenvalue weighted by Gasteiger charge is -2.11. The van der Waals surface area contributed by atoms with Crippen molar-refractivity contribution >= 4 is 17.4 Å². The van der Waals surface area contributed by atoms with Crippen LogP contribution in [0.3, 0.4) is 0 Å². The van der Waals surface area contributed by atoms with Crippen LogP contribution >= 0.6 is 0 Å². The predicted molar refractivity (Wildman–Crippen MR) is 62.3 cm³/mol. The summed E-state index contributed by atoms with van der Waals surface area (Å²) in [6.07, 6.45) is -1.11.